The largest absolute Gasteiger partial charge is 0.418 e. The van der Waals surface area contributed by atoms with Gasteiger partial charge in [0.2, 0.25) is 0 Å². The van der Waals surface area contributed by atoms with Crippen LogP contribution in [0.25, 0.3) is 0 Å². The van der Waals surface area contributed by atoms with Crippen LogP contribution in [0.15, 0.2) is 18.2 Å². The maximum Gasteiger partial charge on any atom is 0.418 e. The molecule has 96 valence electrons. The van der Waals surface area contributed by atoms with Gasteiger partial charge in [-0.05, 0) is 23.6 Å². The van der Waals surface area contributed by atoms with Crippen LogP contribution in [0, 0.1) is 5.41 Å². The third kappa shape index (κ3) is 4.17. The van der Waals surface area contributed by atoms with E-state index in [1.165, 1.54) is 12.1 Å². The molecule has 0 aromatic heterocycles. The van der Waals surface area contributed by atoms with Gasteiger partial charge in [-0.15, -0.1) is 0 Å². The van der Waals surface area contributed by atoms with Crippen molar-refractivity contribution in [3.05, 3.63) is 23.8 Å². The summed E-state index contributed by atoms with van der Waals surface area (Å²) in [5, 5.41) is 2.81. The van der Waals surface area contributed by atoms with E-state index in [1.54, 1.807) is 0 Å². The van der Waals surface area contributed by atoms with Crippen molar-refractivity contribution in [3.8, 4) is 0 Å². The number of hydrogen-bond acceptors (Lipinski definition) is 2. The predicted octanol–water partition coefficient (Wildman–Crippen LogP) is 3.75. The van der Waals surface area contributed by atoms with E-state index in [4.69, 9.17) is 5.73 Å². The number of halogens is 3. The van der Waals surface area contributed by atoms with E-state index in [-0.39, 0.29) is 16.8 Å². The quantitative estimate of drug-likeness (QED) is 0.780. The van der Waals surface area contributed by atoms with E-state index in [0.29, 0.717) is 6.54 Å². The van der Waals surface area contributed by atoms with Crippen LogP contribution in [-0.2, 0) is 6.18 Å². The molecule has 2 nitrogen and oxygen atoms in total. The first-order chi connectivity index (χ1) is 7.59. The molecule has 5 heteroatoms. The summed E-state index contributed by atoms with van der Waals surface area (Å²) < 4.78 is 38.3. The second kappa shape index (κ2) is 4.47. The average Bonchev–Trinajstić information content (AvgIpc) is 2.13. The zero-order chi connectivity index (χ0) is 13.3. The van der Waals surface area contributed by atoms with E-state index < -0.39 is 11.7 Å². The molecule has 3 N–H and O–H groups in total. The standard InChI is InChI=1S/C12H17F3N2/c1-11(2,3)7-17-10-5-4-8(16)6-9(10)12(13,14)15/h4-6,17H,7,16H2,1-3H3. The van der Waals surface area contributed by atoms with Crippen LogP contribution in [0.5, 0.6) is 0 Å². The first kappa shape index (κ1) is 13.7. The molecule has 1 aromatic carbocycles. The van der Waals surface area contributed by atoms with Gasteiger partial charge in [-0.2, -0.15) is 13.2 Å². The van der Waals surface area contributed by atoms with Gasteiger partial charge in [-0.3, -0.25) is 0 Å². The zero-order valence-corrected chi connectivity index (χ0v) is 10.2. The van der Waals surface area contributed by atoms with Crippen molar-refractivity contribution < 1.29 is 13.2 Å². The van der Waals surface area contributed by atoms with Crippen LogP contribution in [0.4, 0.5) is 24.5 Å². The van der Waals surface area contributed by atoms with Crippen molar-refractivity contribution in [2.24, 2.45) is 5.41 Å². The molecular weight excluding hydrogens is 229 g/mol. The fourth-order valence-electron chi connectivity index (χ4n) is 1.31. The lowest BCUT2D eigenvalue weighted by molar-refractivity contribution is -0.136. The molecule has 0 aliphatic carbocycles. The van der Waals surface area contributed by atoms with Gasteiger partial charge in [0.25, 0.3) is 0 Å². The van der Waals surface area contributed by atoms with Crippen molar-refractivity contribution in [2.45, 2.75) is 26.9 Å². The summed E-state index contributed by atoms with van der Waals surface area (Å²) in [6.07, 6.45) is -4.39. The van der Waals surface area contributed by atoms with Gasteiger partial charge in [0, 0.05) is 17.9 Å². The minimum Gasteiger partial charge on any atom is -0.399 e. The highest BCUT2D eigenvalue weighted by molar-refractivity contribution is 5.59. The van der Waals surface area contributed by atoms with Crippen molar-refractivity contribution in [1.82, 2.24) is 0 Å². The lowest BCUT2D eigenvalue weighted by Crippen LogP contribution is -2.21. The number of benzene rings is 1. The molecule has 0 saturated heterocycles. The highest BCUT2D eigenvalue weighted by atomic mass is 19.4. The van der Waals surface area contributed by atoms with Crippen molar-refractivity contribution in [1.29, 1.82) is 0 Å². The minimum absolute atomic E-state index is 0.0709. The summed E-state index contributed by atoms with van der Waals surface area (Å²) in [5.74, 6) is 0. The van der Waals surface area contributed by atoms with Crippen molar-refractivity contribution in [2.75, 3.05) is 17.6 Å². The van der Waals surface area contributed by atoms with Gasteiger partial charge in [0.15, 0.2) is 0 Å². The fraction of sp³-hybridized carbons (Fsp3) is 0.500. The second-order valence-electron chi connectivity index (χ2n) is 5.22. The van der Waals surface area contributed by atoms with Crippen LogP contribution in [0.2, 0.25) is 0 Å². The molecular formula is C12H17F3N2. The average molecular weight is 246 g/mol. The van der Waals surface area contributed by atoms with Crippen LogP contribution in [-0.4, -0.2) is 6.54 Å². The van der Waals surface area contributed by atoms with Gasteiger partial charge in [-0.25, -0.2) is 0 Å². The van der Waals surface area contributed by atoms with Gasteiger partial charge in [-0.1, -0.05) is 20.8 Å². The summed E-state index contributed by atoms with van der Waals surface area (Å²) >= 11 is 0. The molecule has 0 atom stereocenters. The summed E-state index contributed by atoms with van der Waals surface area (Å²) in [7, 11) is 0. The van der Waals surface area contributed by atoms with E-state index in [2.05, 4.69) is 5.32 Å². The fourth-order valence-corrected chi connectivity index (χ4v) is 1.31. The Hall–Kier alpha value is -1.39. The molecule has 1 rings (SSSR count). The molecule has 0 fully saturated rings. The Balaban J connectivity index is 2.99. The van der Waals surface area contributed by atoms with E-state index >= 15 is 0 Å². The molecule has 0 saturated carbocycles. The molecule has 0 amide bonds. The molecule has 1 aromatic rings. The molecule has 0 bridgehead atoms. The Kier molecular flexibility index (Phi) is 3.59. The second-order valence-corrected chi connectivity index (χ2v) is 5.22. The van der Waals surface area contributed by atoms with Gasteiger partial charge in [0.1, 0.15) is 0 Å². The summed E-state index contributed by atoms with van der Waals surface area (Å²) in [4.78, 5) is 0. The van der Waals surface area contributed by atoms with E-state index in [0.717, 1.165) is 6.07 Å². The van der Waals surface area contributed by atoms with Crippen LogP contribution in [0.3, 0.4) is 0 Å². The summed E-state index contributed by atoms with van der Waals surface area (Å²) in [5.41, 5.74) is 4.75. The number of alkyl halides is 3. The number of nitrogen functional groups attached to an aromatic ring is 1. The van der Waals surface area contributed by atoms with Gasteiger partial charge in [0.05, 0.1) is 5.56 Å². The third-order valence-electron chi connectivity index (χ3n) is 2.16. The van der Waals surface area contributed by atoms with E-state index in [1.807, 2.05) is 20.8 Å². The lowest BCUT2D eigenvalue weighted by atomic mass is 9.96. The minimum atomic E-state index is -4.39. The zero-order valence-electron chi connectivity index (χ0n) is 10.2. The lowest BCUT2D eigenvalue weighted by Gasteiger charge is -2.22. The predicted molar refractivity (Wildman–Crippen MR) is 63.8 cm³/mol. The molecule has 0 heterocycles. The summed E-state index contributed by atoms with van der Waals surface area (Å²) in [6.45, 7) is 6.31. The molecule has 0 spiro atoms. The third-order valence-corrected chi connectivity index (χ3v) is 2.16. The monoisotopic (exact) mass is 246 g/mol. The highest BCUT2D eigenvalue weighted by Crippen LogP contribution is 2.36. The molecule has 0 aliphatic rings. The Morgan fingerprint density at radius 2 is 1.76 bits per heavy atom. The first-order valence-corrected chi connectivity index (χ1v) is 5.30. The number of nitrogens with one attached hydrogen (secondary N) is 1. The van der Waals surface area contributed by atoms with E-state index in [9.17, 15) is 13.2 Å². The maximum absolute atomic E-state index is 12.8. The maximum atomic E-state index is 12.8. The topological polar surface area (TPSA) is 38.0 Å². The SMILES string of the molecule is CC(C)(C)CNc1ccc(N)cc1C(F)(F)F. The summed E-state index contributed by atoms with van der Waals surface area (Å²) in [6, 6.07) is 3.77. The van der Waals surface area contributed by atoms with Crippen LogP contribution < -0.4 is 11.1 Å². The number of anilines is 2. The molecule has 0 radical (unpaired) electrons. The molecule has 17 heavy (non-hydrogen) atoms. The normalized spacial score (nSPS) is 12.6. The smallest absolute Gasteiger partial charge is 0.399 e. The number of rotatable bonds is 2. The Bertz CT molecular complexity index is 392. The van der Waals surface area contributed by atoms with Crippen molar-refractivity contribution in [3.63, 3.8) is 0 Å². The first-order valence-electron chi connectivity index (χ1n) is 5.30. The van der Waals surface area contributed by atoms with Gasteiger partial charge >= 0.3 is 6.18 Å². The number of nitrogens with two attached hydrogens (primary N) is 1. The number of hydrogen-bond donors (Lipinski definition) is 2. The molecule has 0 aliphatic heterocycles. The Morgan fingerprint density at radius 1 is 1.18 bits per heavy atom. The van der Waals surface area contributed by atoms with Crippen LogP contribution in [0.1, 0.15) is 26.3 Å². The Labute approximate surface area is 99.0 Å². The van der Waals surface area contributed by atoms with Gasteiger partial charge < -0.3 is 11.1 Å². The highest BCUT2D eigenvalue weighted by Gasteiger charge is 2.33. The Morgan fingerprint density at radius 3 is 2.24 bits per heavy atom. The molecule has 0 unspecified atom stereocenters. The van der Waals surface area contributed by atoms with Crippen molar-refractivity contribution >= 4 is 11.4 Å². The van der Waals surface area contributed by atoms with Crippen LogP contribution >= 0.6 is 0 Å².